The van der Waals surface area contributed by atoms with E-state index < -0.39 is 74.6 Å². The third-order valence-electron chi connectivity index (χ3n) is 1.75. The molecular weight excluding hydrogens is 192 g/mol. The first kappa shape index (κ1) is 2.78. The Balaban J connectivity index is 0.000000360. The Morgan fingerprint density at radius 2 is 1.31 bits per heavy atom. The van der Waals surface area contributed by atoms with Crippen LogP contribution in [0.25, 0.3) is 0 Å². The Morgan fingerprint density at radius 3 is 1.81 bits per heavy atom. The topological polar surface area (TPSA) is 0 Å². The normalized spacial score (nSPS) is 77.8. The van der Waals surface area contributed by atoms with Gasteiger partial charge in [0.2, 0.25) is 0 Å². The van der Waals surface area contributed by atoms with Crippen LogP contribution in [0.1, 0.15) is 112 Å². The van der Waals surface area contributed by atoms with Gasteiger partial charge in [-0.05, 0) is 29.9 Å². The van der Waals surface area contributed by atoms with E-state index in [0.717, 1.165) is 27.7 Å². The maximum atomic E-state index is 7.89. The molecule has 0 unspecified atom stereocenters. The molecule has 0 aromatic carbocycles. The van der Waals surface area contributed by atoms with E-state index in [9.17, 15) is 0 Å². The third-order valence-corrected chi connectivity index (χ3v) is 1.75. The molecule has 0 spiro atoms. The highest BCUT2D eigenvalue weighted by molar-refractivity contribution is 4.76. The average molecular weight is 245 g/mol. The minimum absolute atomic E-state index is 0.748. The fourth-order valence-electron chi connectivity index (χ4n) is 0.875. The predicted molar refractivity (Wildman–Crippen MR) is 73.7 cm³/mol. The summed E-state index contributed by atoms with van der Waals surface area (Å²) in [5.41, 5.74) is -1.91. The highest BCUT2D eigenvalue weighted by Crippen LogP contribution is 2.37. The van der Waals surface area contributed by atoms with Crippen molar-refractivity contribution in [3.63, 3.8) is 0 Å². The molecule has 16 heavy (non-hydrogen) atoms. The highest BCUT2D eigenvalue weighted by Gasteiger charge is 2.23. The molecule has 0 heteroatoms. The van der Waals surface area contributed by atoms with E-state index in [2.05, 4.69) is 0 Å². The molecule has 0 aromatic heterocycles. The number of hydrogen-bond donors (Lipinski definition) is 0. The van der Waals surface area contributed by atoms with E-state index in [1.807, 2.05) is 0 Å². The fourth-order valence-corrected chi connectivity index (χ4v) is 0.875. The lowest BCUT2D eigenvalue weighted by Crippen LogP contribution is -2.19. The van der Waals surface area contributed by atoms with Crippen molar-refractivity contribution in [1.82, 2.24) is 0 Å². The molecule has 2 saturated carbocycles. The first-order valence-corrected chi connectivity index (χ1v) is 5.00. The van der Waals surface area contributed by atoms with Crippen LogP contribution in [0.4, 0.5) is 0 Å². The molecule has 0 saturated heterocycles. The second-order valence-corrected chi connectivity index (χ2v) is 4.00. The second kappa shape index (κ2) is 6.67. The van der Waals surface area contributed by atoms with Crippen LogP contribution in [-0.4, -0.2) is 0 Å². The molecule has 2 aliphatic rings. The minimum Gasteiger partial charge on any atom is -0.0625 e. The van der Waals surface area contributed by atoms with Crippen LogP contribution in [0.15, 0.2) is 0 Å². The molecule has 0 bridgehead atoms. The molecule has 0 heterocycles. The van der Waals surface area contributed by atoms with E-state index in [0.29, 0.717) is 0 Å². The molecule has 0 aliphatic heterocycles. The smallest absolute Gasteiger partial charge is 0.0300 e. The summed E-state index contributed by atoms with van der Waals surface area (Å²) in [6.45, 7) is 3.99. The van der Waals surface area contributed by atoms with Crippen molar-refractivity contribution in [2.24, 2.45) is 17.2 Å². The van der Waals surface area contributed by atoms with E-state index in [1.54, 1.807) is 0 Å². The predicted octanol–water partition coefficient (Wildman–Crippen LogP) is 5.81. The summed E-state index contributed by atoms with van der Waals surface area (Å²) in [6.07, 6.45) is -27.5. The van der Waals surface area contributed by atoms with E-state index >= 15 is 0 Å². The van der Waals surface area contributed by atoms with Gasteiger partial charge in [-0.3, -0.25) is 0 Å². The zero-order chi connectivity index (χ0) is 30.0. The van der Waals surface area contributed by atoms with E-state index in [4.69, 9.17) is 27.4 Å². The largest absolute Gasteiger partial charge is 0.0625 e. The fraction of sp³-hybridized carbons (Fsp3) is 1.00. The van der Waals surface area contributed by atoms with Gasteiger partial charge in [0, 0.05) is 27.4 Å². The van der Waals surface area contributed by atoms with Crippen LogP contribution in [0, 0.1) is 17.2 Å². The summed E-state index contributed by atoms with van der Waals surface area (Å²) < 4.78 is 154. The quantitative estimate of drug-likeness (QED) is 0.504. The van der Waals surface area contributed by atoms with Crippen molar-refractivity contribution in [2.45, 2.75) is 85.1 Å². The number of rotatable bonds is 0. The van der Waals surface area contributed by atoms with Gasteiger partial charge in [0.15, 0.2) is 0 Å². The van der Waals surface area contributed by atoms with E-state index in [-0.39, 0.29) is 0 Å². The summed E-state index contributed by atoms with van der Waals surface area (Å²) in [5, 5.41) is 0. The van der Waals surface area contributed by atoms with Gasteiger partial charge >= 0.3 is 0 Å². The summed E-state index contributed by atoms with van der Waals surface area (Å²) in [7, 11) is 0. The maximum absolute atomic E-state index is 7.89. The van der Waals surface area contributed by atoms with Gasteiger partial charge in [-0.25, -0.2) is 0 Å². The molecule has 0 aromatic rings. The van der Waals surface area contributed by atoms with Gasteiger partial charge in [0.05, 0.1) is 0 Å². The Morgan fingerprint density at radius 1 is 0.875 bits per heavy atom. The van der Waals surface area contributed by atoms with Gasteiger partial charge in [0.25, 0.3) is 0 Å². The standard InChI is InChI=1S/C9H18.C7H14/c1-8-4-6-9(2,3)7-5-8;1-7-5-3-2-4-6-7/h8H,4-7H2,1-3H3;7H,2-6H2,1H3/i4D2,5D2,6D2,7D2,8D;2D2,3D2,4D2,5D2,6D2,7D. The zero-order valence-corrected chi connectivity index (χ0v) is 10.0. The van der Waals surface area contributed by atoms with Gasteiger partial charge in [0.1, 0.15) is 0 Å². The van der Waals surface area contributed by atoms with E-state index in [1.165, 1.54) is 0 Å². The van der Waals surface area contributed by atoms with Crippen molar-refractivity contribution in [3.8, 4) is 0 Å². The Hall–Kier alpha value is 0. The summed E-state index contributed by atoms with van der Waals surface area (Å²) in [5.74, 6) is -5.32. The van der Waals surface area contributed by atoms with Crippen LogP contribution in [0.3, 0.4) is 0 Å². The highest BCUT2D eigenvalue weighted by atomic mass is 14.3. The summed E-state index contributed by atoms with van der Waals surface area (Å²) in [6, 6.07) is 0. The van der Waals surface area contributed by atoms with Crippen LogP contribution >= 0.6 is 0 Å². The molecule has 0 N–H and O–H groups in total. The average Bonchev–Trinajstić information content (AvgIpc) is 2.65. The van der Waals surface area contributed by atoms with Crippen molar-refractivity contribution in [3.05, 3.63) is 0 Å². The Labute approximate surface area is 131 Å². The second-order valence-electron chi connectivity index (χ2n) is 4.00. The zero-order valence-electron chi connectivity index (χ0n) is 30.0. The van der Waals surface area contributed by atoms with Crippen LogP contribution in [0.2, 0.25) is 0 Å². The van der Waals surface area contributed by atoms with Crippen molar-refractivity contribution >= 4 is 0 Å². The molecular formula is C16H32. The van der Waals surface area contributed by atoms with Crippen LogP contribution in [-0.2, 0) is 0 Å². The molecule has 0 radical (unpaired) electrons. The minimum atomic E-state index is -3.41. The Kier molecular flexibility index (Phi) is 1.16. The van der Waals surface area contributed by atoms with Gasteiger partial charge < -0.3 is 0 Å². The molecule has 0 amide bonds. The number of hydrogen-bond acceptors (Lipinski definition) is 0. The van der Waals surface area contributed by atoms with Crippen LogP contribution < -0.4 is 0 Å². The SMILES string of the molecule is [2H]C1([2H])C([2H])([2H])C(C)(C)C([2H])([2H])C([2H])([2H])C1([2H])C.[2H]C1([2H])C([2H])([2H])C([2H])([2H])C([2H])(C)C([2H])([2H])C1([2H])[2H]. The third kappa shape index (κ3) is 5.92. The maximum Gasteiger partial charge on any atom is 0.0300 e. The summed E-state index contributed by atoms with van der Waals surface area (Å²) in [4.78, 5) is 0. The first-order valence-electron chi connectivity index (χ1n) is 15.0. The monoisotopic (exact) mass is 244 g/mol. The lowest BCUT2D eigenvalue weighted by Gasteiger charge is -2.32. The van der Waals surface area contributed by atoms with Crippen molar-refractivity contribution in [1.29, 1.82) is 0 Å². The Bertz CT molecular complexity index is 570. The molecule has 96 valence electrons. The van der Waals surface area contributed by atoms with Crippen molar-refractivity contribution < 1.29 is 27.4 Å². The van der Waals surface area contributed by atoms with Gasteiger partial charge in [-0.2, -0.15) is 0 Å². The van der Waals surface area contributed by atoms with Crippen LogP contribution in [0.5, 0.6) is 0 Å². The molecule has 2 fully saturated rings. The first-order chi connectivity index (χ1) is 15.0. The van der Waals surface area contributed by atoms with Crippen molar-refractivity contribution in [2.75, 3.05) is 0 Å². The lowest BCUT2D eigenvalue weighted by molar-refractivity contribution is 0.201. The van der Waals surface area contributed by atoms with Gasteiger partial charge in [-0.15, -0.1) is 0 Å². The molecule has 2 aliphatic carbocycles. The molecule has 2 rings (SSSR count). The molecule has 0 atom stereocenters. The molecule has 0 nitrogen and oxygen atoms in total. The lowest BCUT2D eigenvalue weighted by atomic mass is 9.74. The summed E-state index contributed by atoms with van der Waals surface area (Å²) >= 11 is 0. The van der Waals surface area contributed by atoms with Gasteiger partial charge in [-0.1, -0.05) is 72.3 Å².